The Morgan fingerprint density at radius 2 is 2.25 bits per heavy atom. The van der Waals surface area contributed by atoms with Crippen molar-refractivity contribution in [2.75, 3.05) is 26.7 Å². The molecule has 0 aliphatic carbocycles. The van der Waals surface area contributed by atoms with Gasteiger partial charge in [0.15, 0.2) is 0 Å². The summed E-state index contributed by atoms with van der Waals surface area (Å²) in [4.78, 5) is 7.08. The second kappa shape index (κ2) is 7.60. The van der Waals surface area contributed by atoms with Gasteiger partial charge in [-0.2, -0.15) is 0 Å². The first-order chi connectivity index (χ1) is 9.71. The first-order valence-electron chi connectivity index (χ1n) is 7.68. The summed E-state index contributed by atoms with van der Waals surface area (Å²) in [7, 11) is 1.71. The highest BCUT2D eigenvalue weighted by molar-refractivity contribution is 5.26. The minimum absolute atomic E-state index is 0.635. The molecule has 1 aliphatic rings. The van der Waals surface area contributed by atoms with E-state index in [2.05, 4.69) is 22.1 Å². The minimum atomic E-state index is 0.635. The van der Waals surface area contributed by atoms with E-state index in [4.69, 9.17) is 4.74 Å². The van der Waals surface area contributed by atoms with Gasteiger partial charge in [-0.3, -0.25) is 9.88 Å². The molecule has 0 amide bonds. The van der Waals surface area contributed by atoms with Crippen molar-refractivity contribution in [1.82, 2.24) is 15.2 Å². The predicted octanol–water partition coefficient (Wildman–Crippen LogP) is 2.36. The molecule has 20 heavy (non-hydrogen) atoms. The zero-order valence-corrected chi connectivity index (χ0v) is 13.0. The van der Waals surface area contributed by atoms with Crippen molar-refractivity contribution in [2.24, 2.45) is 0 Å². The topological polar surface area (TPSA) is 37.4 Å². The molecule has 4 heteroatoms. The van der Waals surface area contributed by atoms with Crippen LogP contribution in [0.25, 0.3) is 0 Å². The van der Waals surface area contributed by atoms with Gasteiger partial charge >= 0.3 is 0 Å². The number of aryl methyl sites for hydroxylation is 1. The van der Waals surface area contributed by atoms with Crippen LogP contribution in [0.4, 0.5) is 0 Å². The number of nitrogens with one attached hydrogen (secondary N) is 1. The molecule has 1 atom stereocenters. The molecule has 1 unspecified atom stereocenters. The van der Waals surface area contributed by atoms with Crippen molar-refractivity contribution in [3.05, 3.63) is 23.5 Å². The van der Waals surface area contributed by atoms with Gasteiger partial charge in [0.2, 0.25) is 0 Å². The summed E-state index contributed by atoms with van der Waals surface area (Å²) in [6.07, 6.45) is 3.96. The van der Waals surface area contributed by atoms with Crippen LogP contribution in [0.5, 0.6) is 5.75 Å². The third kappa shape index (κ3) is 4.46. The molecule has 0 aromatic carbocycles. The Bertz CT molecular complexity index is 416. The number of ether oxygens (including phenoxy) is 1. The lowest BCUT2D eigenvalue weighted by atomic mass is 10.0. The molecule has 1 N–H and O–H groups in total. The van der Waals surface area contributed by atoms with Crippen LogP contribution in [0, 0.1) is 6.92 Å². The Morgan fingerprint density at radius 1 is 1.40 bits per heavy atom. The number of pyridine rings is 1. The lowest BCUT2D eigenvalue weighted by molar-refractivity contribution is 0.224. The molecule has 1 aromatic heterocycles. The highest BCUT2D eigenvalue weighted by Gasteiger charge is 2.16. The molecule has 112 valence electrons. The lowest BCUT2D eigenvalue weighted by Crippen LogP contribution is -2.43. The smallest absolute Gasteiger partial charge is 0.122 e. The van der Waals surface area contributed by atoms with Crippen molar-refractivity contribution in [3.63, 3.8) is 0 Å². The van der Waals surface area contributed by atoms with Crippen LogP contribution in [0.1, 0.15) is 37.6 Å². The fraction of sp³-hybridized carbons (Fsp3) is 0.688. The van der Waals surface area contributed by atoms with E-state index in [-0.39, 0.29) is 0 Å². The average molecular weight is 277 g/mol. The van der Waals surface area contributed by atoms with Gasteiger partial charge in [0.05, 0.1) is 12.8 Å². The Morgan fingerprint density at radius 3 is 2.90 bits per heavy atom. The van der Waals surface area contributed by atoms with Crippen molar-refractivity contribution >= 4 is 0 Å². The van der Waals surface area contributed by atoms with E-state index in [1.165, 1.54) is 25.8 Å². The molecule has 0 radical (unpaired) electrons. The first-order valence-corrected chi connectivity index (χ1v) is 7.68. The summed E-state index contributed by atoms with van der Waals surface area (Å²) in [6.45, 7) is 8.46. The van der Waals surface area contributed by atoms with Crippen LogP contribution >= 0.6 is 0 Å². The summed E-state index contributed by atoms with van der Waals surface area (Å²) in [5.74, 6) is 0.902. The zero-order chi connectivity index (χ0) is 14.4. The number of hydrogen-bond acceptors (Lipinski definition) is 4. The maximum Gasteiger partial charge on any atom is 0.122 e. The monoisotopic (exact) mass is 277 g/mol. The second-order valence-corrected chi connectivity index (χ2v) is 5.61. The second-order valence-electron chi connectivity index (χ2n) is 5.61. The summed E-state index contributed by atoms with van der Waals surface area (Å²) in [5, 5.41) is 3.62. The molecule has 1 fully saturated rings. The van der Waals surface area contributed by atoms with Gasteiger partial charge < -0.3 is 10.1 Å². The van der Waals surface area contributed by atoms with Crippen LogP contribution in [0.3, 0.4) is 0 Å². The molecule has 4 nitrogen and oxygen atoms in total. The van der Waals surface area contributed by atoms with Crippen molar-refractivity contribution < 1.29 is 4.74 Å². The summed E-state index contributed by atoms with van der Waals surface area (Å²) in [5.41, 5.74) is 2.12. The standard InChI is InChI=1S/C16H27N3O/c1-4-19(11-14-7-5-6-8-17-14)12-15-10-16(20-3)9-13(2)18-15/h9-10,14,17H,4-8,11-12H2,1-3H3. The predicted molar refractivity (Wildman–Crippen MR) is 82.1 cm³/mol. The van der Waals surface area contributed by atoms with Gasteiger partial charge in [0.1, 0.15) is 5.75 Å². The number of nitrogens with zero attached hydrogens (tertiary/aromatic N) is 2. The number of rotatable bonds is 6. The largest absolute Gasteiger partial charge is 0.497 e. The third-order valence-electron chi connectivity index (χ3n) is 3.94. The van der Waals surface area contributed by atoms with E-state index in [0.717, 1.165) is 36.8 Å². The van der Waals surface area contributed by atoms with Crippen LogP contribution in [-0.2, 0) is 6.54 Å². The van der Waals surface area contributed by atoms with E-state index in [1.807, 2.05) is 19.1 Å². The summed E-state index contributed by atoms with van der Waals surface area (Å²) in [6, 6.07) is 4.65. The normalized spacial score (nSPS) is 19.3. The van der Waals surface area contributed by atoms with Gasteiger partial charge in [0.25, 0.3) is 0 Å². The van der Waals surface area contributed by atoms with Gasteiger partial charge in [-0.1, -0.05) is 13.3 Å². The highest BCUT2D eigenvalue weighted by Crippen LogP contribution is 2.16. The Balaban J connectivity index is 1.96. The number of piperidine rings is 1. The molecule has 0 bridgehead atoms. The van der Waals surface area contributed by atoms with E-state index in [9.17, 15) is 0 Å². The highest BCUT2D eigenvalue weighted by atomic mass is 16.5. The molecule has 0 saturated carbocycles. The number of likely N-dealkylation sites (N-methyl/N-ethyl adjacent to an activating group) is 1. The van der Waals surface area contributed by atoms with Crippen molar-refractivity contribution in [1.29, 1.82) is 0 Å². The molecule has 1 saturated heterocycles. The Labute approximate surface area is 122 Å². The van der Waals surface area contributed by atoms with Gasteiger partial charge in [0, 0.05) is 37.0 Å². The number of aromatic nitrogens is 1. The molecular formula is C16H27N3O. The maximum atomic E-state index is 5.33. The van der Waals surface area contributed by atoms with Crippen LogP contribution in [0.15, 0.2) is 12.1 Å². The van der Waals surface area contributed by atoms with E-state index in [0.29, 0.717) is 6.04 Å². The summed E-state index contributed by atoms with van der Waals surface area (Å²) < 4.78 is 5.33. The molecule has 2 heterocycles. The first kappa shape index (κ1) is 15.3. The lowest BCUT2D eigenvalue weighted by Gasteiger charge is -2.29. The molecular weight excluding hydrogens is 250 g/mol. The van der Waals surface area contributed by atoms with E-state index < -0.39 is 0 Å². The molecule has 2 rings (SSSR count). The van der Waals surface area contributed by atoms with Crippen molar-refractivity contribution in [3.8, 4) is 5.75 Å². The van der Waals surface area contributed by atoms with E-state index in [1.54, 1.807) is 7.11 Å². The van der Waals surface area contributed by atoms with Gasteiger partial charge in [-0.05, 0) is 32.9 Å². The fourth-order valence-corrected chi connectivity index (χ4v) is 2.83. The summed E-state index contributed by atoms with van der Waals surface area (Å²) >= 11 is 0. The molecule has 1 aromatic rings. The zero-order valence-electron chi connectivity index (χ0n) is 13.0. The van der Waals surface area contributed by atoms with Crippen LogP contribution in [-0.4, -0.2) is 42.7 Å². The van der Waals surface area contributed by atoms with Crippen LogP contribution < -0.4 is 10.1 Å². The number of hydrogen-bond donors (Lipinski definition) is 1. The SMILES string of the molecule is CCN(Cc1cc(OC)cc(C)n1)CC1CCCCN1. The Kier molecular flexibility index (Phi) is 5.80. The van der Waals surface area contributed by atoms with Gasteiger partial charge in [-0.15, -0.1) is 0 Å². The molecule has 0 spiro atoms. The molecule has 1 aliphatic heterocycles. The van der Waals surface area contributed by atoms with Crippen LogP contribution in [0.2, 0.25) is 0 Å². The van der Waals surface area contributed by atoms with Gasteiger partial charge in [-0.25, -0.2) is 0 Å². The van der Waals surface area contributed by atoms with Crippen molar-refractivity contribution in [2.45, 2.75) is 45.7 Å². The fourth-order valence-electron chi connectivity index (χ4n) is 2.83. The number of methoxy groups -OCH3 is 1. The van der Waals surface area contributed by atoms with E-state index >= 15 is 0 Å². The quantitative estimate of drug-likeness (QED) is 0.866. The Hall–Kier alpha value is -1.13. The maximum absolute atomic E-state index is 5.33. The minimum Gasteiger partial charge on any atom is -0.497 e. The third-order valence-corrected chi connectivity index (χ3v) is 3.94. The average Bonchev–Trinajstić information content (AvgIpc) is 2.47.